The lowest BCUT2D eigenvalue weighted by molar-refractivity contribution is -0.130. The van der Waals surface area contributed by atoms with Gasteiger partial charge in [-0.15, -0.1) is 0 Å². The van der Waals surface area contributed by atoms with Crippen molar-refractivity contribution in [3.63, 3.8) is 0 Å². The van der Waals surface area contributed by atoms with Crippen LogP contribution in [0.5, 0.6) is 0 Å². The Morgan fingerprint density at radius 2 is 2.12 bits per heavy atom. The summed E-state index contributed by atoms with van der Waals surface area (Å²) in [5, 5.41) is 0. The molecule has 3 heterocycles. The second-order valence-corrected chi connectivity index (χ2v) is 4.91. The average Bonchev–Trinajstić information content (AvgIpc) is 2.90. The van der Waals surface area contributed by atoms with Crippen molar-refractivity contribution in [2.75, 3.05) is 19.8 Å². The van der Waals surface area contributed by atoms with Crippen molar-refractivity contribution in [1.29, 1.82) is 0 Å². The molecule has 3 unspecified atom stereocenters. The smallest absolute Gasteiger partial charge is 0.327 e. The van der Waals surface area contributed by atoms with Gasteiger partial charge in [0.15, 0.2) is 0 Å². The molecule has 0 aromatic rings. The fraction of sp³-hybridized carbons (Fsp3) is 0.818. The number of amides is 3. The Bertz CT molecular complexity index is 338. The Hall–Kier alpha value is -1.10. The summed E-state index contributed by atoms with van der Waals surface area (Å²) in [5.41, 5.74) is 0. The van der Waals surface area contributed by atoms with E-state index in [0.29, 0.717) is 19.1 Å². The molecule has 3 amide bonds. The maximum atomic E-state index is 12.2. The summed E-state index contributed by atoms with van der Waals surface area (Å²) >= 11 is 0. The van der Waals surface area contributed by atoms with E-state index < -0.39 is 0 Å². The molecule has 0 N–H and O–H groups in total. The van der Waals surface area contributed by atoms with Gasteiger partial charge in [-0.1, -0.05) is 6.92 Å². The molecule has 3 aliphatic rings. The lowest BCUT2D eigenvalue weighted by atomic mass is 10.0. The summed E-state index contributed by atoms with van der Waals surface area (Å²) in [6.07, 6.45) is 1.73. The van der Waals surface area contributed by atoms with Gasteiger partial charge in [-0.2, -0.15) is 0 Å². The third kappa shape index (κ3) is 1.21. The summed E-state index contributed by atoms with van der Waals surface area (Å²) in [6.45, 7) is 3.93. The first kappa shape index (κ1) is 10.1. The van der Waals surface area contributed by atoms with E-state index in [-0.39, 0.29) is 24.0 Å². The molecule has 3 saturated heterocycles. The number of fused-ring (bicyclic) bond motifs is 1. The fourth-order valence-corrected chi connectivity index (χ4v) is 2.98. The normalized spacial score (nSPS) is 38.7. The van der Waals surface area contributed by atoms with Gasteiger partial charge in [0, 0.05) is 13.2 Å². The van der Waals surface area contributed by atoms with Crippen molar-refractivity contribution >= 4 is 11.9 Å². The van der Waals surface area contributed by atoms with E-state index in [9.17, 15) is 9.59 Å². The van der Waals surface area contributed by atoms with Crippen LogP contribution in [0.3, 0.4) is 0 Å². The van der Waals surface area contributed by atoms with Gasteiger partial charge in [-0.25, -0.2) is 4.79 Å². The Labute approximate surface area is 94.3 Å². The number of rotatable bonds is 1. The first-order valence-corrected chi connectivity index (χ1v) is 5.91. The molecule has 0 aromatic heterocycles. The predicted octanol–water partition coefficient (Wildman–Crippen LogP) is 0.448. The van der Waals surface area contributed by atoms with E-state index in [2.05, 4.69) is 0 Å². The van der Waals surface area contributed by atoms with Gasteiger partial charge in [-0.05, 0) is 18.8 Å². The van der Waals surface area contributed by atoms with Crippen LogP contribution in [0.15, 0.2) is 0 Å². The Kier molecular flexibility index (Phi) is 2.17. The molecule has 0 aromatic carbocycles. The number of hydrogen-bond donors (Lipinski definition) is 0. The molecule has 16 heavy (non-hydrogen) atoms. The zero-order valence-corrected chi connectivity index (χ0v) is 9.39. The molecule has 88 valence electrons. The molecule has 3 fully saturated rings. The number of carbonyl (C=O) groups is 2. The molecular formula is C11H16N2O3. The topological polar surface area (TPSA) is 49.9 Å². The second kappa shape index (κ2) is 3.45. The summed E-state index contributed by atoms with van der Waals surface area (Å²) in [5.74, 6) is 0.286. The van der Waals surface area contributed by atoms with Crippen LogP contribution in [0.25, 0.3) is 0 Å². The third-order valence-corrected chi connectivity index (χ3v) is 3.91. The van der Waals surface area contributed by atoms with Crippen molar-refractivity contribution in [2.45, 2.75) is 31.8 Å². The molecule has 0 saturated carbocycles. The van der Waals surface area contributed by atoms with Crippen LogP contribution in [0, 0.1) is 5.92 Å². The first-order chi connectivity index (χ1) is 7.70. The summed E-state index contributed by atoms with van der Waals surface area (Å²) in [6, 6.07) is -0.333. The zero-order chi connectivity index (χ0) is 11.3. The summed E-state index contributed by atoms with van der Waals surface area (Å²) in [4.78, 5) is 27.5. The molecule has 5 heteroatoms. The van der Waals surface area contributed by atoms with Gasteiger partial charge < -0.3 is 9.64 Å². The van der Waals surface area contributed by atoms with Crippen LogP contribution in [0.4, 0.5) is 4.79 Å². The lowest BCUT2D eigenvalue weighted by Crippen LogP contribution is -2.42. The molecule has 0 spiro atoms. The van der Waals surface area contributed by atoms with Crippen molar-refractivity contribution in [3.8, 4) is 0 Å². The van der Waals surface area contributed by atoms with E-state index in [1.165, 1.54) is 4.90 Å². The van der Waals surface area contributed by atoms with Gasteiger partial charge in [0.25, 0.3) is 5.91 Å². The molecule has 0 aliphatic carbocycles. The lowest BCUT2D eigenvalue weighted by Gasteiger charge is -2.21. The third-order valence-electron chi connectivity index (χ3n) is 3.91. The van der Waals surface area contributed by atoms with Crippen LogP contribution >= 0.6 is 0 Å². The largest absolute Gasteiger partial charge is 0.379 e. The van der Waals surface area contributed by atoms with E-state index in [1.54, 1.807) is 4.90 Å². The minimum absolute atomic E-state index is 0.00880. The minimum atomic E-state index is -0.201. The highest BCUT2D eigenvalue weighted by Gasteiger charge is 2.53. The molecule has 0 bridgehead atoms. The molecule has 3 rings (SSSR count). The predicted molar refractivity (Wildman–Crippen MR) is 55.7 cm³/mol. The SMILES string of the molecule is CC1CCN2C(=O)N(C3CCOC3)C(=O)C12. The number of hydrogen-bond acceptors (Lipinski definition) is 3. The van der Waals surface area contributed by atoms with Gasteiger partial charge in [-0.3, -0.25) is 9.69 Å². The number of urea groups is 1. The molecule has 3 atom stereocenters. The maximum absolute atomic E-state index is 12.2. The van der Waals surface area contributed by atoms with Crippen molar-refractivity contribution < 1.29 is 14.3 Å². The van der Waals surface area contributed by atoms with Crippen molar-refractivity contribution in [1.82, 2.24) is 9.80 Å². The van der Waals surface area contributed by atoms with E-state index >= 15 is 0 Å². The second-order valence-electron chi connectivity index (χ2n) is 4.91. The summed E-state index contributed by atoms with van der Waals surface area (Å²) in [7, 11) is 0. The van der Waals surface area contributed by atoms with E-state index in [4.69, 9.17) is 4.74 Å². The Morgan fingerprint density at radius 3 is 2.75 bits per heavy atom. The van der Waals surface area contributed by atoms with Crippen LogP contribution in [-0.2, 0) is 9.53 Å². The molecule has 0 radical (unpaired) electrons. The van der Waals surface area contributed by atoms with Gasteiger partial charge in [0.2, 0.25) is 0 Å². The standard InChI is InChI=1S/C11H16N2O3/c1-7-2-4-12-9(7)10(14)13(11(12)15)8-3-5-16-6-8/h7-9H,2-6H2,1H3. The van der Waals surface area contributed by atoms with Gasteiger partial charge in [0.05, 0.1) is 12.6 Å². The highest BCUT2D eigenvalue weighted by Crippen LogP contribution is 2.34. The van der Waals surface area contributed by atoms with E-state index in [0.717, 1.165) is 19.4 Å². The summed E-state index contributed by atoms with van der Waals surface area (Å²) < 4.78 is 5.25. The van der Waals surface area contributed by atoms with Crippen LogP contribution in [0.1, 0.15) is 19.8 Å². The maximum Gasteiger partial charge on any atom is 0.327 e. The number of carbonyl (C=O) groups excluding carboxylic acids is 2. The number of imide groups is 1. The molecular weight excluding hydrogens is 208 g/mol. The number of ether oxygens (including phenoxy) is 1. The van der Waals surface area contributed by atoms with Crippen LogP contribution < -0.4 is 0 Å². The first-order valence-electron chi connectivity index (χ1n) is 5.91. The zero-order valence-electron chi connectivity index (χ0n) is 9.39. The quantitative estimate of drug-likeness (QED) is 0.607. The van der Waals surface area contributed by atoms with Gasteiger partial charge >= 0.3 is 6.03 Å². The van der Waals surface area contributed by atoms with Crippen LogP contribution in [0.2, 0.25) is 0 Å². The molecule has 3 aliphatic heterocycles. The highest BCUT2D eigenvalue weighted by molar-refractivity contribution is 6.05. The minimum Gasteiger partial charge on any atom is -0.379 e. The Morgan fingerprint density at radius 1 is 1.31 bits per heavy atom. The van der Waals surface area contributed by atoms with E-state index in [1.807, 2.05) is 6.92 Å². The van der Waals surface area contributed by atoms with Crippen LogP contribution in [-0.4, -0.2) is 53.6 Å². The van der Waals surface area contributed by atoms with Gasteiger partial charge in [0.1, 0.15) is 6.04 Å². The molecule has 5 nitrogen and oxygen atoms in total. The average molecular weight is 224 g/mol. The monoisotopic (exact) mass is 224 g/mol. The van der Waals surface area contributed by atoms with Crippen molar-refractivity contribution in [3.05, 3.63) is 0 Å². The Balaban J connectivity index is 1.86. The number of nitrogens with zero attached hydrogens (tertiary/aromatic N) is 2. The highest BCUT2D eigenvalue weighted by atomic mass is 16.5. The van der Waals surface area contributed by atoms with Crippen molar-refractivity contribution in [2.24, 2.45) is 5.92 Å². The fourth-order valence-electron chi connectivity index (χ4n) is 2.98.